The third-order valence-electron chi connectivity index (χ3n) is 3.27. The monoisotopic (exact) mass is 284 g/mol. The third kappa shape index (κ3) is 4.25. The summed E-state index contributed by atoms with van der Waals surface area (Å²) in [4.78, 5) is 11.6. The lowest BCUT2D eigenvalue weighted by atomic mass is 10.1. The number of hydrogen-bond acceptors (Lipinski definition) is 3. The van der Waals surface area contributed by atoms with E-state index in [2.05, 4.69) is 10.6 Å². The van der Waals surface area contributed by atoms with Crippen molar-refractivity contribution in [1.29, 1.82) is 0 Å². The van der Waals surface area contributed by atoms with E-state index in [1.807, 2.05) is 0 Å². The van der Waals surface area contributed by atoms with E-state index in [1.54, 1.807) is 0 Å². The third-order valence-corrected chi connectivity index (χ3v) is 3.27. The van der Waals surface area contributed by atoms with Crippen molar-refractivity contribution in [3.8, 4) is 0 Å². The Balaban J connectivity index is 1.69. The molecule has 0 radical (unpaired) electrons. The summed E-state index contributed by atoms with van der Waals surface area (Å²) in [6, 6.07) is 3.46. The molecular weight excluding hydrogens is 266 g/mol. The fourth-order valence-corrected chi connectivity index (χ4v) is 2.12. The summed E-state index contributed by atoms with van der Waals surface area (Å²) in [5.74, 6) is -1.48. The van der Waals surface area contributed by atoms with Gasteiger partial charge in [0.1, 0.15) is 17.3 Å². The second-order valence-corrected chi connectivity index (χ2v) is 4.84. The number of amides is 1. The van der Waals surface area contributed by atoms with Gasteiger partial charge < -0.3 is 15.4 Å². The summed E-state index contributed by atoms with van der Waals surface area (Å²) >= 11 is 0. The van der Waals surface area contributed by atoms with Crippen LogP contribution in [0.25, 0.3) is 0 Å². The molecule has 2 rings (SSSR count). The molecule has 1 saturated heterocycles. The number of carbonyl (C=O) groups excluding carboxylic acids is 1. The van der Waals surface area contributed by atoms with E-state index in [1.165, 1.54) is 6.07 Å². The van der Waals surface area contributed by atoms with Gasteiger partial charge in [0, 0.05) is 13.2 Å². The lowest BCUT2D eigenvalue weighted by Gasteiger charge is -2.10. The van der Waals surface area contributed by atoms with Gasteiger partial charge in [-0.15, -0.1) is 0 Å². The summed E-state index contributed by atoms with van der Waals surface area (Å²) in [5, 5.41) is 5.19. The highest BCUT2D eigenvalue weighted by Gasteiger charge is 2.15. The maximum absolute atomic E-state index is 13.3. The summed E-state index contributed by atoms with van der Waals surface area (Å²) in [6.45, 7) is 2.29. The second-order valence-electron chi connectivity index (χ2n) is 4.84. The van der Waals surface area contributed by atoms with Crippen molar-refractivity contribution in [3.63, 3.8) is 0 Å². The van der Waals surface area contributed by atoms with Crippen LogP contribution in [0, 0.1) is 17.6 Å². The van der Waals surface area contributed by atoms with Crippen LogP contribution in [0.3, 0.4) is 0 Å². The first-order chi connectivity index (χ1) is 9.66. The molecule has 1 fully saturated rings. The number of benzene rings is 1. The molecule has 0 bridgehead atoms. The maximum Gasteiger partial charge on any atom is 0.238 e. The van der Waals surface area contributed by atoms with E-state index in [0.717, 1.165) is 38.2 Å². The minimum absolute atomic E-state index is 0.0291. The molecule has 1 aliphatic heterocycles. The molecule has 1 aromatic carbocycles. The van der Waals surface area contributed by atoms with E-state index >= 15 is 0 Å². The van der Waals surface area contributed by atoms with Crippen molar-refractivity contribution in [3.05, 3.63) is 29.8 Å². The van der Waals surface area contributed by atoms with Crippen LogP contribution in [-0.2, 0) is 9.53 Å². The molecule has 0 aromatic heterocycles. The Labute approximate surface area is 116 Å². The first-order valence-electron chi connectivity index (χ1n) is 6.69. The van der Waals surface area contributed by atoms with Crippen molar-refractivity contribution in [2.24, 2.45) is 5.92 Å². The average molecular weight is 284 g/mol. The number of halogens is 2. The highest BCUT2D eigenvalue weighted by atomic mass is 19.1. The summed E-state index contributed by atoms with van der Waals surface area (Å²) in [7, 11) is 0. The standard InChI is InChI=1S/C14H18F2N2O2/c15-11-2-1-3-12(16)14(11)18-13(19)8-17-6-4-10-5-7-20-9-10/h1-3,10,17H,4-9H2,(H,18,19). The molecular formula is C14H18F2N2O2. The van der Waals surface area contributed by atoms with E-state index in [9.17, 15) is 13.6 Å². The molecule has 20 heavy (non-hydrogen) atoms. The molecule has 0 saturated carbocycles. The first-order valence-corrected chi connectivity index (χ1v) is 6.69. The summed E-state index contributed by atoms with van der Waals surface area (Å²) in [6.07, 6.45) is 1.98. The van der Waals surface area contributed by atoms with Crippen LogP contribution in [0.5, 0.6) is 0 Å². The van der Waals surface area contributed by atoms with Crippen molar-refractivity contribution >= 4 is 11.6 Å². The highest BCUT2D eigenvalue weighted by Crippen LogP contribution is 2.17. The molecule has 1 atom stereocenters. The predicted molar refractivity (Wildman–Crippen MR) is 71.4 cm³/mol. The Bertz CT molecular complexity index is 442. The molecule has 1 amide bonds. The zero-order valence-electron chi connectivity index (χ0n) is 11.1. The average Bonchev–Trinajstić information content (AvgIpc) is 2.92. The molecule has 110 valence electrons. The summed E-state index contributed by atoms with van der Waals surface area (Å²) < 4.78 is 31.9. The number of nitrogens with one attached hydrogen (secondary N) is 2. The molecule has 0 aliphatic carbocycles. The van der Waals surface area contributed by atoms with Crippen LogP contribution in [-0.4, -0.2) is 32.2 Å². The number of anilines is 1. The van der Waals surface area contributed by atoms with Gasteiger partial charge in [-0.05, 0) is 37.4 Å². The van der Waals surface area contributed by atoms with E-state index < -0.39 is 23.2 Å². The summed E-state index contributed by atoms with van der Waals surface area (Å²) in [5.41, 5.74) is -0.400. The van der Waals surface area contributed by atoms with Gasteiger partial charge >= 0.3 is 0 Å². The highest BCUT2D eigenvalue weighted by molar-refractivity contribution is 5.92. The fraction of sp³-hybridized carbons (Fsp3) is 0.500. The van der Waals surface area contributed by atoms with Gasteiger partial charge in [-0.25, -0.2) is 8.78 Å². The fourth-order valence-electron chi connectivity index (χ4n) is 2.12. The molecule has 1 aromatic rings. The van der Waals surface area contributed by atoms with E-state index in [-0.39, 0.29) is 6.54 Å². The smallest absolute Gasteiger partial charge is 0.238 e. The van der Waals surface area contributed by atoms with Gasteiger partial charge in [0.2, 0.25) is 5.91 Å². The van der Waals surface area contributed by atoms with Gasteiger partial charge in [-0.3, -0.25) is 4.79 Å². The van der Waals surface area contributed by atoms with Gasteiger partial charge in [0.25, 0.3) is 0 Å². The normalized spacial score (nSPS) is 18.2. The predicted octanol–water partition coefficient (Wildman–Crippen LogP) is 1.92. The Morgan fingerprint density at radius 3 is 2.75 bits per heavy atom. The molecule has 1 aliphatic rings. The van der Waals surface area contributed by atoms with Gasteiger partial charge in [0.05, 0.1) is 6.54 Å². The van der Waals surface area contributed by atoms with E-state index in [4.69, 9.17) is 4.74 Å². The number of hydrogen-bond donors (Lipinski definition) is 2. The topological polar surface area (TPSA) is 50.4 Å². The van der Waals surface area contributed by atoms with Crippen LogP contribution >= 0.6 is 0 Å². The minimum Gasteiger partial charge on any atom is -0.381 e. The number of ether oxygens (including phenoxy) is 1. The van der Waals surface area contributed by atoms with Gasteiger partial charge in [-0.1, -0.05) is 6.07 Å². The lowest BCUT2D eigenvalue weighted by molar-refractivity contribution is -0.115. The minimum atomic E-state index is -0.776. The van der Waals surface area contributed by atoms with Crippen molar-refractivity contribution in [2.75, 3.05) is 31.6 Å². The number of carbonyl (C=O) groups is 1. The van der Waals surface area contributed by atoms with Crippen molar-refractivity contribution < 1.29 is 18.3 Å². The van der Waals surface area contributed by atoms with Crippen LogP contribution in [0.15, 0.2) is 18.2 Å². The molecule has 4 nitrogen and oxygen atoms in total. The molecule has 1 heterocycles. The van der Waals surface area contributed by atoms with Crippen molar-refractivity contribution in [2.45, 2.75) is 12.8 Å². The van der Waals surface area contributed by atoms with Gasteiger partial charge in [-0.2, -0.15) is 0 Å². The SMILES string of the molecule is O=C(CNCCC1CCOC1)Nc1c(F)cccc1F. The van der Waals surface area contributed by atoms with Crippen molar-refractivity contribution in [1.82, 2.24) is 5.32 Å². The zero-order chi connectivity index (χ0) is 14.4. The second kappa shape index (κ2) is 7.31. The van der Waals surface area contributed by atoms with E-state index in [0.29, 0.717) is 12.5 Å². The Morgan fingerprint density at radius 1 is 1.35 bits per heavy atom. The molecule has 0 spiro atoms. The Hall–Kier alpha value is -1.53. The first kappa shape index (κ1) is 14.9. The maximum atomic E-state index is 13.3. The lowest BCUT2D eigenvalue weighted by Crippen LogP contribution is -2.30. The zero-order valence-corrected chi connectivity index (χ0v) is 11.1. The Kier molecular flexibility index (Phi) is 5.43. The van der Waals surface area contributed by atoms with Crippen LogP contribution in [0.4, 0.5) is 14.5 Å². The molecule has 6 heteroatoms. The van der Waals surface area contributed by atoms with Gasteiger partial charge in [0.15, 0.2) is 0 Å². The number of rotatable bonds is 6. The van der Waals surface area contributed by atoms with Crippen LogP contribution in [0.2, 0.25) is 0 Å². The largest absolute Gasteiger partial charge is 0.381 e. The van der Waals surface area contributed by atoms with Crippen LogP contribution in [0.1, 0.15) is 12.8 Å². The molecule has 2 N–H and O–H groups in total. The van der Waals surface area contributed by atoms with Crippen LogP contribution < -0.4 is 10.6 Å². The Morgan fingerprint density at radius 2 is 2.10 bits per heavy atom. The number of para-hydroxylation sites is 1. The quantitative estimate of drug-likeness (QED) is 0.785. The molecule has 1 unspecified atom stereocenters.